The number of ether oxygens (including phenoxy) is 2. The van der Waals surface area contributed by atoms with E-state index >= 15 is 0 Å². The van der Waals surface area contributed by atoms with Crippen molar-refractivity contribution in [3.63, 3.8) is 0 Å². The highest BCUT2D eigenvalue weighted by Gasteiger charge is 2.34. The smallest absolute Gasteiger partial charge is 0.170 e. The van der Waals surface area contributed by atoms with Crippen LogP contribution in [0.15, 0.2) is 41.3 Å². The second-order valence-electron chi connectivity index (χ2n) is 9.18. The number of ketones is 1. The first-order valence-corrected chi connectivity index (χ1v) is 12.3. The molecule has 1 saturated carbocycles. The van der Waals surface area contributed by atoms with E-state index in [1.807, 2.05) is 12.1 Å². The number of aryl methyl sites for hydroxylation is 2. The number of nitrogens with zero attached hydrogens (tertiary/aromatic N) is 1. The van der Waals surface area contributed by atoms with Crippen molar-refractivity contribution in [3.05, 3.63) is 53.1 Å². The minimum atomic E-state index is -0.0101. The molecule has 0 bridgehead atoms. The van der Waals surface area contributed by atoms with Gasteiger partial charge < -0.3 is 13.8 Å². The topological polar surface area (TPSA) is 38.8 Å². The maximum atomic E-state index is 13.0. The third kappa shape index (κ3) is 4.35. The number of benzene rings is 2. The van der Waals surface area contributed by atoms with E-state index < -0.39 is 0 Å². The largest absolute Gasteiger partial charge is 0.489 e. The Kier molecular flexibility index (Phi) is 5.98. The van der Waals surface area contributed by atoms with Gasteiger partial charge in [-0.05, 0) is 87.7 Å². The first kappa shape index (κ1) is 20.9. The lowest BCUT2D eigenvalue weighted by molar-refractivity contribution is 0.0119. The lowest BCUT2D eigenvalue weighted by Gasteiger charge is -2.39. The molecule has 4 nitrogen and oxygen atoms in total. The summed E-state index contributed by atoms with van der Waals surface area (Å²) in [5.74, 6) is 1.37. The van der Waals surface area contributed by atoms with Gasteiger partial charge in [0.1, 0.15) is 11.9 Å². The molecule has 3 aliphatic rings. The van der Waals surface area contributed by atoms with Crippen LogP contribution in [-0.4, -0.2) is 31.1 Å². The average Bonchev–Trinajstić information content (AvgIpc) is 2.73. The minimum Gasteiger partial charge on any atom is -0.489 e. The maximum Gasteiger partial charge on any atom is 0.170 e. The van der Waals surface area contributed by atoms with Crippen molar-refractivity contribution in [2.75, 3.05) is 17.5 Å². The summed E-state index contributed by atoms with van der Waals surface area (Å²) < 4.78 is 14.2. The number of carbonyl (C=O) groups excluding carboxylic acids is 1. The van der Waals surface area contributed by atoms with E-state index in [9.17, 15) is 4.79 Å². The quantitative estimate of drug-likeness (QED) is 0.526. The van der Waals surface area contributed by atoms with E-state index in [2.05, 4.69) is 42.4 Å². The van der Waals surface area contributed by atoms with Crippen LogP contribution in [0.2, 0.25) is 0 Å². The summed E-state index contributed by atoms with van der Waals surface area (Å²) in [6, 6.07) is 13.4. The summed E-state index contributed by atoms with van der Waals surface area (Å²) >= 11 is 1.76. The number of Topliss-reactive ketones (excluding diaryl/α,β-unsaturated/α-hetero) is 1. The van der Waals surface area contributed by atoms with Gasteiger partial charge in [-0.3, -0.25) is 4.79 Å². The van der Waals surface area contributed by atoms with Gasteiger partial charge in [-0.25, -0.2) is 0 Å². The zero-order chi connectivity index (χ0) is 21.4. The number of fused-ring (bicyclic) bond motifs is 1. The fourth-order valence-corrected chi connectivity index (χ4v) is 6.03. The highest BCUT2D eigenvalue weighted by Crippen LogP contribution is 2.42. The Morgan fingerprint density at radius 1 is 1.00 bits per heavy atom. The normalized spacial score (nSPS) is 21.9. The molecule has 1 aliphatic carbocycles. The summed E-state index contributed by atoms with van der Waals surface area (Å²) in [6.07, 6.45) is 6.16. The zero-order valence-electron chi connectivity index (χ0n) is 18.4. The van der Waals surface area contributed by atoms with Gasteiger partial charge in [0.25, 0.3) is 0 Å². The molecule has 5 rings (SSSR count). The molecular formula is C26H31NO3S. The Labute approximate surface area is 189 Å². The second kappa shape index (κ2) is 8.87. The van der Waals surface area contributed by atoms with Gasteiger partial charge >= 0.3 is 0 Å². The lowest BCUT2D eigenvalue weighted by atomic mass is 9.87. The van der Waals surface area contributed by atoms with Gasteiger partial charge in [-0.15, -0.1) is 0 Å². The Bertz CT molecular complexity index is 965. The van der Waals surface area contributed by atoms with Gasteiger partial charge in [0, 0.05) is 36.5 Å². The average molecular weight is 438 g/mol. The minimum absolute atomic E-state index is 0.0101. The Balaban J connectivity index is 1.37. The van der Waals surface area contributed by atoms with E-state index in [1.165, 1.54) is 36.1 Å². The van der Waals surface area contributed by atoms with Crippen molar-refractivity contribution in [1.29, 1.82) is 0 Å². The highest BCUT2D eigenvalue weighted by atomic mass is 32.2. The number of carbonyl (C=O) groups is 1. The van der Waals surface area contributed by atoms with Crippen LogP contribution in [0.4, 0.5) is 5.69 Å². The fraction of sp³-hybridized carbons (Fsp3) is 0.500. The molecule has 31 heavy (non-hydrogen) atoms. The Morgan fingerprint density at radius 3 is 2.52 bits per heavy atom. The summed E-state index contributed by atoms with van der Waals surface area (Å²) in [4.78, 5) is 14.1. The molecule has 1 atom stereocenters. The van der Waals surface area contributed by atoms with E-state index in [0.29, 0.717) is 18.4 Å². The first-order valence-electron chi connectivity index (χ1n) is 11.5. The SMILES string of the molecule is Cc1ccc(N(Sc2ccc3c(c2)C(=O)CC(C2CCOCC2)O3)C2CCC2)c(C)c1. The molecule has 5 heteroatoms. The Morgan fingerprint density at radius 2 is 1.81 bits per heavy atom. The number of anilines is 1. The molecule has 2 aromatic rings. The van der Waals surface area contributed by atoms with Crippen LogP contribution >= 0.6 is 11.9 Å². The third-order valence-corrected chi connectivity index (χ3v) is 8.06. The summed E-state index contributed by atoms with van der Waals surface area (Å²) in [5.41, 5.74) is 4.61. The predicted molar refractivity (Wildman–Crippen MR) is 125 cm³/mol. The molecule has 2 heterocycles. The van der Waals surface area contributed by atoms with E-state index in [1.54, 1.807) is 11.9 Å². The molecule has 0 amide bonds. The first-order chi connectivity index (χ1) is 15.1. The number of rotatable bonds is 5. The van der Waals surface area contributed by atoms with Crippen molar-refractivity contribution < 1.29 is 14.3 Å². The Hall–Kier alpha value is -1.98. The van der Waals surface area contributed by atoms with Crippen LogP contribution in [0.1, 0.15) is 60.0 Å². The van der Waals surface area contributed by atoms with E-state index in [4.69, 9.17) is 9.47 Å². The van der Waals surface area contributed by atoms with Gasteiger partial charge in [0.2, 0.25) is 0 Å². The van der Waals surface area contributed by atoms with Crippen LogP contribution in [0, 0.1) is 19.8 Å². The van der Waals surface area contributed by atoms with Gasteiger partial charge in [0.15, 0.2) is 5.78 Å². The van der Waals surface area contributed by atoms with E-state index in [0.717, 1.165) is 42.3 Å². The summed E-state index contributed by atoms with van der Waals surface area (Å²) in [6.45, 7) is 5.88. The zero-order valence-corrected chi connectivity index (χ0v) is 19.2. The van der Waals surface area contributed by atoms with Crippen LogP contribution in [-0.2, 0) is 4.74 Å². The standard InChI is InChI=1S/C26H31NO3S/c1-17-6-8-23(18(2)14-17)27(20-4-3-5-20)31-21-7-9-25-22(15-21)24(28)16-26(30-25)19-10-12-29-13-11-19/h6-9,14-15,19-20,26H,3-5,10-13,16H2,1-2H3. The van der Waals surface area contributed by atoms with E-state index in [-0.39, 0.29) is 11.9 Å². The predicted octanol–water partition coefficient (Wildman–Crippen LogP) is 6.13. The van der Waals surface area contributed by atoms with Crippen LogP contribution in [0.5, 0.6) is 5.75 Å². The summed E-state index contributed by atoms with van der Waals surface area (Å²) in [7, 11) is 0. The van der Waals surface area contributed by atoms with Crippen LogP contribution in [0.3, 0.4) is 0 Å². The van der Waals surface area contributed by atoms with Gasteiger partial charge in [-0.1, -0.05) is 17.7 Å². The molecule has 164 valence electrons. The summed E-state index contributed by atoms with van der Waals surface area (Å²) in [5, 5.41) is 0. The van der Waals surface area contributed by atoms with Gasteiger partial charge in [0.05, 0.1) is 11.3 Å². The van der Waals surface area contributed by atoms with Crippen molar-refractivity contribution in [3.8, 4) is 5.75 Å². The number of hydrogen-bond acceptors (Lipinski definition) is 5. The maximum absolute atomic E-state index is 13.0. The van der Waals surface area contributed by atoms with Crippen molar-refractivity contribution in [2.45, 2.75) is 69.4 Å². The molecule has 2 aliphatic heterocycles. The molecular weight excluding hydrogens is 406 g/mol. The molecule has 2 fully saturated rings. The molecule has 0 radical (unpaired) electrons. The van der Waals surface area contributed by atoms with Crippen LogP contribution < -0.4 is 9.04 Å². The highest BCUT2D eigenvalue weighted by molar-refractivity contribution is 8.00. The molecule has 1 unspecified atom stereocenters. The third-order valence-electron chi connectivity index (χ3n) is 6.91. The lowest BCUT2D eigenvalue weighted by Crippen LogP contribution is -2.37. The van der Waals surface area contributed by atoms with Crippen molar-refractivity contribution >= 4 is 23.4 Å². The van der Waals surface area contributed by atoms with Crippen LogP contribution in [0.25, 0.3) is 0 Å². The monoisotopic (exact) mass is 437 g/mol. The van der Waals surface area contributed by atoms with Crippen molar-refractivity contribution in [2.24, 2.45) is 5.92 Å². The molecule has 2 aromatic carbocycles. The van der Waals surface area contributed by atoms with Gasteiger partial charge in [-0.2, -0.15) is 0 Å². The second-order valence-corrected chi connectivity index (χ2v) is 10.2. The number of hydrogen-bond donors (Lipinski definition) is 0. The molecule has 0 spiro atoms. The van der Waals surface area contributed by atoms with Crippen molar-refractivity contribution in [1.82, 2.24) is 0 Å². The molecule has 0 N–H and O–H groups in total. The molecule has 0 aromatic heterocycles. The fourth-order valence-electron chi connectivity index (χ4n) is 4.84. The molecule has 1 saturated heterocycles.